The number of anilines is 2. The van der Waals surface area contributed by atoms with Crippen molar-refractivity contribution in [2.45, 2.75) is 51.4 Å². The van der Waals surface area contributed by atoms with E-state index in [4.69, 9.17) is 0 Å². The summed E-state index contributed by atoms with van der Waals surface area (Å²) >= 11 is 0. The number of unbranched alkanes of at least 4 members (excludes halogenated alkanes) is 7. The maximum atomic E-state index is 11.5. The first-order chi connectivity index (χ1) is 14.4. The average Bonchev–Trinajstić information content (AvgIpc) is 2.70. The first kappa shape index (κ1) is 23.2. The molecule has 166 valence electrons. The number of rotatable bonds is 13. The molecule has 2 aromatic heterocycles. The maximum Gasteiger partial charge on any atom is 0.329 e. The van der Waals surface area contributed by atoms with Crippen LogP contribution in [0.5, 0.6) is 0 Å². The molecule has 0 saturated carbocycles. The molecule has 0 aliphatic heterocycles. The monoisotopic (exact) mass is 420 g/mol. The van der Waals surface area contributed by atoms with Crippen molar-refractivity contribution >= 4 is 11.6 Å². The molecule has 2 heterocycles. The summed E-state index contributed by atoms with van der Waals surface area (Å²) in [5.41, 5.74) is -1.47. The van der Waals surface area contributed by atoms with E-state index in [0.717, 1.165) is 60.7 Å². The van der Waals surface area contributed by atoms with Gasteiger partial charge < -0.3 is 10.6 Å². The molecule has 0 saturated heterocycles. The minimum Gasteiger partial charge on any atom is -0.371 e. The number of hydrogen-bond acceptors (Lipinski definition) is 6. The second-order valence-electron chi connectivity index (χ2n) is 7.45. The van der Waals surface area contributed by atoms with E-state index >= 15 is 0 Å². The van der Waals surface area contributed by atoms with Gasteiger partial charge in [-0.1, -0.05) is 38.5 Å². The van der Waals surface area contributed by atoms with Gasteiger partial charge in [-0.25, -0.2) is 9.59 Å². The van der Waals surface area contributed by atoms with Crippen molar-refractivity contribution in [1.82, 2.24) is 19.1 Å². The Balaban J connectivity index is 1.46. The van der Waals surface area contributed by atoms with E-state index in [-0.39, 0.29) is 11.1 Å². The molecule has 10 nitrogen and oxygen atoms in total. The fraction of sp³-hybridized carbons (Fsp3) is 0.600. The third-order valence-corrected chi connectivity index (χ3v) is 5.02. The highest BCUT2D eigenvalue weighted by Gasteiger charge is 2.01. The quantitative estimate of drug-likeness (QED) is 0.359. The van der Waals surface area contributed by atoms with Gasteiger partial charge in [-0.05, 0) is 12.8 Å². The van der Waals surface area contributed by atoms with E-state index in [1.807, 2.05) is 0 Å². The summed E-state index contributed by atoms with van der Waals surface area (Å²) in [5, 5.41) is 6.17. The fourth-order valence-corrected chi connectivity index (χ4v) is 3.06. The Morgan fingerprint density at radius 2 is 0.967 bits per heavy atom. The van der Waals surface area contributed by atoms with E-state index in [1.165, 1.54) is 39.1 Å². The van der Waals surface area contributed by atoms with Gasteiger partial charge in [-0.3, -0.25) is 28.7 Å². The summed E-state index contributed by atoms with van der Waals surface area (Å²) < 4.78 is 2.07. The SMILES string of the molecule is Cn1c(=O)cc(NCCCCCCCCCCNc2cc(=O)n(C)c(=O)[nH]2)[nH]c1=O. The lowest BCUT2D eigenvalue weighted by atomic mass is 10.1. The standard InChI is InChI=1S/C20H32N6O4/c1-25-17(27)13-15(23-19(25)29)21-11-9-7-5-3-4-6-8-10-12-22-16-14-18(28)26(2)20(30)24-16/h13-14,21-22H,3-12H2,1-2H3,(H,23,29)(H,24,30). The van der Waals surface area contributed by atoms with Gasteiger partial charge in [0.05, 0.1) is 0 Å². The zero-order chi connectivity index (χ0) is 21.9. The van der Waals surface area contributed by atoms with Crippen molar-refractivity contribution in [2.75, 3.05) is 23.7 Å². The third kappa shape index (κ3) is 7.41. The Bertz CT molecular complexity index is 887. The fourth-order valence-electron chi connectivity index (χ4n) is 3.06. The van der Waals surface area contributed by atoms with Crippen LogP contribution < -0.4 is 33.1 Å². The molecule has 0 aromatic carbocycles. The summed E-state index contributed by atoms with van der Waals surface area (Å²) in [4.78, 5) is 51.4. The van der Waals surface area contributed by atoms with Crippen LogP contribution in [0.3, 0.4) is 0 Å². The molecule has 0 spiro atoms. The molecule has 10 heteroatoms. The topological polar surface area (TPSA) is 134 Å². The molecule has 30 heavy (non-hydrogen) atoms. The highest BCUT2D eigenvalue weighted by atomic mass is 16.2. The van der Waals surface area contributed by atoms with Gasteiger partial charge in [0.1, 0.15) is 11.6 Å². The van der Waals surface area contributed by atoms with Crippen LogP contribution in [0.1, 0.15) is 51.4 Å². The molecule has 0 amide bonds. The van der Waals surface area contributed by atoms with E-state index in [1.54, 1.807) is 0 Å². The van der Waals surface area contributed by atoms with Crippen molar-refractivity contribution < 1.29 is 0 Å². The lowest BCUT2D eigenvalue weighted by molar-refractivity contribution is 0.577. The molecule has 0 aliphatic rings. The number of nitrogens with one attached hydrogen (secondary N) is 4. The van der Waals surface area contributed by atoms with Gasteiger partial charge in [0, 0.05) is 39.3 Å². The number of H-pyrrole nitrogens is 2. The molecule has 0 fully saturated rings. The maximum absolute atomic E-state index is 11.5. The Morgan fingerprint density at radius 3 is 1.30 bits per heavy atom. The van der Waals surface area contributed by atoms with Gasteiger partial charge in [-0.15, -0.1) is 0 Å². The molecular formula is C20H32N6O4. The third-order valence-electron chi connectivity index (χ3n) is 5.02. The molecule has 0 unspecified atom stereocenters. The lowest BCUT2D eigenvalue weighted by Crippen LogP contribution is -2.32. The Hall–Kier alpha value is -3.04. The van der Waals surface area contributed by atoms with Crippen LogP contribution >= 0.6 is 0 Å². The largest absolute Gasteiger partial charge is 0.371 e. The number of nitrogens with zero attached hydrogens (tertiary/aromatic N) is 2. The molecule has 2 rings (SSSR count). The van der Waals surface area contributed by atoms with E-state index in [2.05, 4.69) is 20.6 Å². The van der Waals surface area contributed by atoms with E-state index in [0.29, 0.717) is 11.6 Å². The Kier molecular flexibility index (Phi) is 9.17. The highest BCUT2D eigenvalue weighted by Crippen LogP contribution is 2.09. The Labute approximate surface area is 174 Å². The first-order valence-electron chi connectivity index (χ1n) is 10.5. The summed E-state index contributed by atoms with van der Waals surface area (Å²) in [6, 6.07) is 2.79. The molecule has 0 radical (unpaired) electrons. The van der Waals surface area contributed by atoms with Crippen LogP contribution in [-0.4, -0.2) is 32.2 Å². The van der Waals surface area contributed by atoms with E-state index in [9.17, 15) is 19.2 Å². The van der Waals surface area contributed by atoms with Gasteiger partial charge in [0.2, 0.25) is 0 Å². The van der Waals surface area contributed by atoms with Crippen molar-refractivity contribution in [3.63, 3.8) is 0 Å². The van der Waals surface area contributed by atoms with Gasteiger partial charge in [-0.2, -0.15) is 0 Å². The van der Waals surface area contributed by atoms with Crippen LogP contribution in [0.2, 0.25) is 0 Å². The van der Waals surface area contributed by atoms with Crippen LogP contribution in [0.4, 0.5) is 11.6 Å². The van der Waals surface area contributed by atoms with Crippen LogP contribution in [0.25, 0.3) is 0 Å². The van der Waals surface area contributed by atoms with Crippen LogP contribution in [0.15, 0.2) is 31.3 Å². The second-order valence-corrected chi connectivity index (χ2v) is 7.45. The minimum absolute atomic E-state index is 0.322. The zero-order valence-electron chi connectivity index (χ0n) is 17.8. The number of hydrogen-bond donors (Lipinski definition) is 4. The lowest BCUT2D eigenvalue weighted by Gasteiger charge is -2.07. The minimum atomic E-state index is -0.415. The number of aromatic nitrogens is 4. The van der Waals surface area contributed by atoms with Crippen molar-refractivity contribution in [3.05, 3.63) is 53.8 Å². The van der Waals surface area contributed by atoms with Gasteiger partial charge in [0.15, 0.2) is 0 Å². The molecule has 0 atom stereocenters. The van der Waals surface area contributed by atoms with E-state index < -0.39 is 11.4 Å². The highest BCUT2D eigenvalue weighted by molar-refractivity contribution is 5.32. The summed E-state index contributed by atoms with van der Waals surface area (Å²) in [6.07, 6.45) is 8.82. The molecule has 0 bridgehead atoms. The molecule has 2 aromatic rings. The predicted octanol–water partition coefficient (Wildman–Crippen LogP) is 1.11. The zero-order valence-corrected chi connectivity index (χ0v) is 17.8. The summed E-state index contributed by atoms with van der Waals surface area (Å²) in [5.74, 6) is 0.938. The number of aromatic amines is 2. The normalized spacial score (nSPS) is 10.9. The van der Waals surface area contributed by atoms with Gasteiger partial charge in [0.25, 0.3) is 11.1 Å². The van der Waals surface area contributed by atoms with Crippen molar-refractivity contribution in [1.29, 1.82) is 0 Å². The molecule has 0 aliphatic carbocycles. The molecular weight excluding hydrogens is 388 g/mol. The summed E-state index contributed by atoms with van der Waals surface area (Å²) in [6.45, 7) is 1.44. The van der Waals surface area contributed by atoms with Crippen molar-refractivity contribution in [3.8, 4) is 0 Å². The molecule has 4 N–H and O–H groups in total. The average molecular weight is 421 g/mol. The van der Waals surface area contributed by atoms with Gasteiger partial charge >= 0.3 is 11.4 Å². The summed E-state index contributed by atoms with van der Waals surface area (Å²) in [7, 11) is 2.88. The predicted molar refractivity (Wildman–Crippen MR) is 119 cm³/mol. The second kappa shape index (κ2) is 11.8. The first-order valence-corrected chi connectivity index (χ1v) is 10.5. The van der Waals surface area contributed by atoms with Crippen molar-refractivity contribution in [2.24, 2.45) is 14.1 Å². The Morgan fingerprint density at radius 1 is 0.633 bits per heavy atom. The van der Waals surface area contributed by atoms with Crippen LogP contribution in [0, 0.1) is 0 Å². The smallest absolute Gasteiger partial charge is 0.329 e. The van der Waals surface area contributed by atoms with Crippen LogP contribution in [-0.2, 0) is 14.1 Å².